The number of phenols is 1. The zero-order valence-electron chi connectivity index (χ0n) is 17.5. The van der Waals surface area contributed by atoms with E-state index in [4.69, 9.17) is 9.73 Å². The van der Waals surface area contributed by atoms with Crippen LogP contribution in [0, 0.1) is 11.3 Å². The molecule has 0 bridgehead atoms. The smallest absolute Gasteiger partial charge is 0.315 e. The normalized spacial score (nSPS) is 23.4. The molecule has 0 fully saturated rings. The highest BCUT2D eigenvalue weighted by Crippen LogP contribution is 2.48. The summed E-state index contributed by atoms with van der Waals surface area (Å²) in [5.74, 6) is 0.507. The number of ketones is 1. The number of allylic oxidation sites excluding steroid dienone is 2. The number of aliphatic imine (C=N–C) groups is 1. The summed E-state index contributed by atoms with van der Waals surface area (Å²) in [6, 6.07) is 6.75. The van der Waals surface area contributed by atoms with Crippen LogP contribution in [0.3, 0.4) is 0 Å². The SMILES string of the molecule is CCSCCOC(=O)C1C(C)=NC2=C(C(=O)CC(C)(C)C2)[C@H]1c1ccc(O)cc1. The van der Waals surface area contributed by atoms with E-state index in [1.807, 2.05) is 6.92 Å². The number of phenolic OH excluding ortho intramolecular Hbond substituents is 1. The van der Waals surface area contributed by atoms with Crippen LogP contribution >= 0.6 is 11.8 Å². The van der Waals surface area contributed by atoms with Crippen LogP contribution in [0.15, 0.2) is 40.5 Å². The molecule has 0 saturated carbocycles. The molecule has 0 spiro atoms. The Morgan fingerprint density at radius 2 is 1.97 bits per heavy atom. The molecule has 3 rings (SSSR count). The molecule has 1 aliphatic carbocycles. The highest BCUT2D eigenvalue weighted by atomic mass is 32.2. The Morgan fingerprint density at radius 1 is 1.28 bits per heavy atom. The number of Topliss-reactive ketones (excluding diaryl/α,β-unsaturated/α-hetero) is 1. The monoisotopic (exact) mass is 415 g/mol. The first kappa shape index (κ1) is 21.6. The fraction of sp³-hybridized carbons (Fsp3) is 0.522. The molecule has 6 heteroatoms. The van der Waals surface area contributed by atoms with Crippen LogP contribution in [0.2, 0.25) is 0 Å². The van der Waals surface area contributed by atoms with Crippen molar-refractivity contribution in [2.24, 2.45) is 16.3 Å². The summed E-state index contributed by atoms with van der Waals surface area (Å²) in [7, 11) is 0. The predicted octanol–water partition coefficient (Wildman–Crippen LogP) is 4.51. The number of rotatable bonds is 6. The average Bonchev–Trinajstić information content (AvgIpc) is 2.63. The van der Waals surface area contributed by atoms with Gasteiger partial charge in [-0.25, -0.2) is 0 Å². The Balaban J connectivity index is 2.01. The Bertz CT molecular complexity index is 854. The van der Waals surface area contributed by atoms with Crippen LogP contribution in [0.4, 0.5) is 0 Å². The van der Waals surface area contributed by atoms with Gasteiger partial charge in [0.2, 0.25) is 0 Å². The highest BCUT2D eigenvalue weighted by molar-refractivity contribution is 7.99. The zero-order chi connectivity index (χ0) is 21.2. The second-order valence-electron chi connectivity index (χ2n) is 8.47. The molecule has 1 aromatic carbocycles. The Hall–Kier alpha value is -2.08. The number of thioether (sulfide) groups is 1. The van der Waals surface area contributed by atoms with Crippen molar-refractivity contribution in [3.8, 4) is 5.75 Å². The molecule has 5 nitrogen and oxygen atoms in total. The molecule has 1 aliphatic heterocycles. The van der Waals surface area contributed by atoms with E-state index < -0.39 is 11.8 Å². The van der Waals surface area contributed by atoms with Gasteiger partial charge in [0.1, 0.15) is 18.3 Å². The van der Waals surface area contributed by atoms with E-state index in [-0.39, 0.29) is 22.9 Å². The highest BCUT2D eigenvalue weighted by Gasteiger charge is 2.45. The fourth-order valence-corrected chi connectivity index (χ4v) is 4.72. The van der Waals surface area contributed by atoms with Crippen molar-refractivity contribution in [2.75, 3.05) is 18.1 Å². The van der Waals surface area contributed by atoms with E-state index in [1.54, 1.807) is 36.0 Å². The Morgan fingerprint density at radius 3 is 2.62 bits per heavy atom. The van der Waals surface area contributed by atoms with Gasteiger partial charge in [0.25, 0.3) is 0 Å². The third kappa shape index (κ3) is 4.74. The fourth-order valence-electron chi connectivity index (χ4n) is 4.23. The van der Waals surface area contributed by atoms with Crippen LogP contribution in [-0.4, -0.2) is 40.7 Å². The van der Waals surface area contributed by atoms with Crippen molar-refractivity contribution in [2.45, 2.75) is 46.5 Å². The molecule has 1 N–H and O–H groups in total. The summed E-state index contributed by atoms with van der Waals surface area (Å²) in [4.78, 5) is 30.9. The van der Waals surface area contributed by atoms with Gasteiger partial charge < -0.3 is 9.84 Å². The minimum atomic E-state index is -0.630. The number of nitrogens with zero attached hydrogens (tertiary/aromatic N) is 1. The van der Waals surface area contributed by atoms with Crippen molar-refractivity contribution in [3.05, 3.63) is 41.1 Å². The third-order valence-electron chi connectivity index (χ3n) is 5.48. The lowest BCUT2D eigenvalue weighted by molar-refractivity contribution is -0.145. The van der Waals surface area contributed by atoms with E-state index in [1.165, 1.54) is 0 Å². The van der Waals surface area contributed by atoms with E-state index in [9.17, 15) is 14.7 Å². The Labute approximate surface area is 176 Å². The van der Waals surface area contributed by atoms with Crippen molar-refractivity contribution in [3.63, 3.8) is 0 Å². The first-order chi connectivity index (χ1) is 13.7. The van der Waals surface area contributed by atoms with Gasteiger partial charge in [-0.05, 0) is 42.2 Å². The number of esters is 1. The largest absolute Gasteiger partial charge is 0.508 e. The van der Waals surface area contributed by atoms with Crippen LogP contribution in [0.1, 0.15) is 52.0 Å². The third-order valence-corrected chi connectivity index (χ3v) is 6.35. The van der Waals surface area contributed by atoms with Crippen molar-refractivity contribution in [1.82, 2.24) is 0 Å². The maximum atomic E-state index is 13.1. The summed E-state index contributed by atoms with van der Waals surface area (Å²) in [5.41, 5.74) is 2.77. The lowest BCUT2D eigenvalue weighted by atomic mass is 9.67. The molecule has 1 unspecified atom stereocenters. The standard InChI is InChI=1S/C23H29NO4S/c1-5-29-11-10-28-22(27)19-14(2)24-17-12-23(3,4)13-18(26)21(17)20(19)15-6-8-16(25)9-7-15/h6-9,19-20,25H,5,10-13H2,1-4H3/t19?,20-/m0/s1. The second kappa shape index (κ2) is 8.74. The number of carbonyl (C=O) groups excluding carboxylic acids is 2. The molecule has 0 amide bonds. The molecular formula is C23H29NO4S. The molecule has 0 radical (unpaired) electrons. The topological polar surface area (TPSA) is 76.0 Å². The van der Waals surface area contributed by atoms with Crippen molar-refractivity contribution >= 4 is 29.2 Å². The van der Waals surface area contributed by atoms with Crippen LogP contribution in [-0.2, 0) is 14.3 Å². The minimum absolute atomic E-state index is 0.0462. The van der Waals surface area contributed by atoms with Gasteiger partial charge in [-0.3, -0.25) is 14.6 Å². The molecule has 0 saturated heterocycles. The molecule has 0 aromatic heterocycles. The maximum Gasteiger partial charge on any atom is 0.315 e. The molecule has 2 atom stereocenters. The van der Waals surface area contributed by atoms with Gasteiger partial charge in [0, 0.05) is 35.1 Å². The van der Waals surface area contributed by atoms with Gasteiger partial charge in [0.05, 0.1) is 0 Å². The number of hydrogen-bond donors (Lipinski definition) is 1. The summed E-state index contributed by atoms with van der Waals surface area (Å²) in [5, 5.41) is 9.71. The Kier molecular flexibility index (Phi) is 6.52. The molecule has 2 aliphatic rings. The molecule has 1 aromatic rings. The minimum Gasteiger partial charge on any atom is -0.508 e. The summed E-state index contributed by atoms with van der Waals surface area (Å²) >= 11 is 1.72. The zero-order valence-corrected chi connectivity index (χ0v) is 18.3. The van der Waals surface area contributed by atoms with E-state index >= 15 is 0 Å². The van der Waals surface area contributed by atoms with Gasteiger partial charge in [-0.2, -0.15) is 11.8 Å². The maximum absolute atomic E-state index is 13.1. The van der Waals surface area contributed by atoms with Crippen LogP contribution in [0.5, 0.6) is 5.75 Å². The predicted molar refractivity (Wildman–Crippen MR) is 116 cm³/mol. The van der Waals surface area contributed by atoms with Crippen LogP contribution < -0.4 is 0 Å². The van der Waals surface area contributed by atoms with Gasteiger partial charge in [0.15, 0.2) is 5.78 Å². The van der Waals surface area contributed by atoms with E-state index in [0.29, 0.717) is 30.7 Å². The summed E-state index contributed by atoms with van der Waals surface area (Å²) in [6.07, 6.45) is 1.14. The van der Waals surface area contributed by atoms with E-state index in [0.717, 1.165) is 22.8 Å². The quantitative estimate of drug-likeness (QED) is 0.547. The number of carbonyl (C=O) groups is 2. The van der Waals surface area contributed by atoms with Gasteiger partial charge >= 0.3 is 5.97 Å². The van der Waals surface area contributed by atoms with Gasteiger partial charge in [-0.1, -0.05) is 32.9 Å². The molecular weight excluding hydrogens is 386 g/mol. The summed E-state index contributed by atoms with van der Waals surface area (Å²) in [6.45, 7) is 8.39. The number of hydrogen-bond acceptors (Lipinski definition) is 6. The number of benzene rings is 1. The lowest BCUT2D eigenvalue weighted by Crippen LogP contribution is -2.39. The molecule has 1 heterocycles. The first-order valence-electron chi connectivity index (χ1n) is 10.1. The average molecular weight is 416 g/mol. The van der Waals surface area contributed by atoms with Crippen molar-refractivity contribution in [1.29, 1.82) is 0 Å². The summed E-state index contributed by atoms with van der Waals surface area (Å²) < 4.78 is 5.56. The first-order valence-corrected chi connectivity index (χ1v) is 11.2. The van der Waals surface area contributed by atoms with Crippen molar-refractivity contribution < 1.29 is 19.4 Å². The molecule has 156 valence electrons. The number of aromatic hydroxyl groups is 1. The van der Waals surface area contributed by atoms with Gasteiger partial charge in [-0.15, -0.1) is 0 Å². The lowest BCUT2D eigenvalue weighted by Gasteiger charge is -2.39. The van der Waals surface area contributed by atoms with E-state index in [2.05, 4.69) is 20.8 Å². The van der Waals surface area contributed by atoms with Crippen LogP contribution in [0.25, 0.3) is 0 Å². The number of ether oxygens (including phenoxy) is 1. The molecule has 29 heavy (non-hydrogen) atoms. The second-order valence-corrected chi connectivity index (χ2v) is 9.86.